The molecular weight excluding hydrogens is 257 g/mol. The Bertz CT molecular complexity index is 721. The SMILES string of the molecule is COc1ccc(F)cc1[C@H](N)c1cc2cccnc2[nH]1. The zero-order chi connectivity index (χ0) is 14.1. The highest BCUT2D eigenvalue weighted by atomic mass is 19.1. The Morgan fingerprint density at radius 3 is 2.90 bits per heavy atom. The molecule has 3 N–H and O–H groups in total. The number of nitrogens with two attached hydrogens (primary N) is 1. The molecule has 0 radical (unpaired) electrons. The van der Waals surface area contributed by atoms with E-state index in [9.17, 15) is 4.39 Å². The number of aromatic nitrogens is 2. The third kappa shape index (κ3) is 2.12. The van der Waals surface area contributed by atoms with Gasteiger partial charge in [0.05, 0.1) is 13.2 Å². The van der Waals surface area contributed by atoms with Crippen molar-refractivity contribution in [2.45, 2.75) is 6.04 Å². The molecule has 0 bridgehead atoms. The number of benzene rings is 1. The van der Waals surface area contributed by atoms with Gasteiger partial charge in [-0.2, -0.15) is 0 Å². The fourth-order valence-electron chi connectivity index (χ4n) is 2.26. The van der Waals surface area contributed by atoms with Gasteiger partial charge in [-0.1, -0.05) is 0 Å². The van der Waals surface area contributed by atoms with Gasteiger partial charge in [0.15, 0.2) is 0 Å². The largest absolute Gasteiger partial charge is 0.496 e. The van der Waals surface area contributed by atoms with Crippen molar-refractivity contribution in [3.05, 3.63) is 59.7 Å². The predicted molar refractivity (Wildman–Crippen MR) is 75.1 cm³/mol. The van der Waals surface area contributed by atoms with Crippen molar-refractivity contribution in [2.75, 3.05) is 7.11 Å². The smallest absolute Gasteiger partial charge is 0.137 e. The average Bonchev–Trinajstić information content (AvgIpc) is 2.90. The molecule has 0 amide bonds. The number of methoxy groups -OCH3 is 1. The quantitative estimate of drug-likeness (QED) is 0.770. The van der Waals surface area contributed by atoms with Crippen molar-refractivity contribution in [3.8, 4) is 5.75 Å². The number of fused-ring (bicyclic) bond motifs is 1. The number of halogens is 1. The number of pyridine rings is 1. The molecule has 0 saturated heterocycles. The second kappa shape index (κ2) is 4.94. The monoisotopic (exact) mass is 271 g/mol. The number of rotatable bonds is 3. The lowest BCUT2D eigenvalue weighted by Crippen LogP contribution is -2.13. The molecule has 0 saturated carbocycles. The summed E-state index contributed by atoms with van der Waals surface area (Å²) in [7, 11) is 1.54. The van der Waals surface area contributed by atoms with Crippen LogP contribution >= 0.6 is 0 Å². The van der Waals surface area contributed by atoms with Crippen LogP contribution in [0, 0.1) is 5.82 Å². The highest BCUT2D eigenvalue weighted by molar-refractivity contribution is 5.76. The zero-order valence-electron chi connectivity index (χ0n) is 10.9. The summed E-state index contributed by atoms with van der Waals surface area (Å²) in [6.45, 7) is 0. The van der Waals surface area contributed by atoms with E-state index in [4.69, 9.17) is 10.5 Å². The standard InChI is InChI=1S/C15H14FN3O/c1-20-13-5-4-10(16)8-11(13)14(17)12-7-9-3-2-6-18-15(9)19-12/h2-8,14H,17H2,1H3,(H,18,19)/t14-/m0/s1. The second-order valence-corrected chi connectivity index (χ2v) is 4.53. The van der Waals surface area contributed by atoms with Crippen LogP contribution in [0.1, 0.15) is 17.3 Å². The molecule has 3 aromatic rings. The van der Waals surface area contributed by atoms with Gasteiger partial charge >= 0.3 is 0 Å². The van der Waals surface area contributed by atoms with Gasteiger partial charge in [0.25, 0.3) is 0 Å². The summed E-state index contributed by atoms with van der Waals surface area (Å²) in [5.74, 6) is 0.219. The average molecular weight is 271 g/mol. The molecule has 0 aliphatic carbocycles. The van der Waals surface area contributed by atoms with E-state index in [1.807, 2.05) is 18.2 Å². The van der Waals surface area contributed by atoms with E-state index >= 15 is 0 Å². The van der Waals surface area contributed by atoms with E-state index in [0.717, 1.165) is 16.7 Å². The highest BCUT2D eigenvalue weighted by Crippen LogP contribution is 2.29. The summed E-state index contributed by atoms with van der Waals surface area (Å²) in [4.78, 5) is 7.37. The Labute approximate surface area is 115 Å². The van der Waals surface area contributed by atoms with Crippen molar-refractivity contribution >= 4 is 11.0 Å². The number of nitrogens with zero attached hydrogens (tertiary/aromatic N) is 1. The minimum Gasteiger partial charge on any atom is -0.496 e. The normalized spacial score (nSPS) is 12.6. The van der Waals surface area contributed by atoms with Crippen molar-refractivity contribution in [1.29, 1.82) is 0 Å². The molecule has 4 nitrogen and oxygen atoms in total. The Morgan fingerprint density at radius 1 is 1.30 bits per heavy atom. The van der Waals surface area contributed by atoms with Crippen LogP contribution in [0.15, 0.2) is 42.6 Å². The molecule has 102 valence electrons. The van der Waals surface area contributed by atoms with E-state index in [1.54, 1.807) is 12.3 Å². The van der Waals surface area contributed by atoms with E-state index in [-0.39, 0.29) is 5.82 Å². The second-order valence-electron chi connectivity index (χ2n) is 4.53. The maximum atomic E-state index is 13.4. The number of hydrogen-bond donors (Lipinski definition) is 2. The number of hydrogen-bond acceptors (Lipinski definition) is 3. The molecule has 20 heavy (non-hydrogen) atoms. The van der Waals surface area contributed by atoms with Gasteiger partial charge in [0.2, 0.25) is 0 Å². The van der Waals surface area contributed by atoms with Crippen LogP contribution in [0.3, 0.4) is 0 Å². The first-order chi connectivity index (χ1) is 9.69. The Balaban J connectivity index is 2.07. The Hall–Kier alpha value is -2.40. The van der Waals surface area contributed by atoms with Crippen LogP contribution < -0.4 is 10.5 Å². The molecule has 0 unspecified atom stereocenters. The van der Waals surface area contributed by atoms with Crippen molar-refractivity contribution in [2.24, 2.45) is 5.73 Å². The van der Waals surface area contributed by atoms with Gasteiger partial charge in [0, 0.05) is 22.8 Å². The molecule has 2 aromatic heterocycles. The van der Waals surface area contributed by atoms with Gasteiger partial charge in [-0.25, -0.2) is 9.37 Å². The number of nitrogens with one attached hydrogen (secondary N) is 1. The first-order valence-corrected chi connectivity index (χ1v) is 6.21. The minimum atomic E-state index is -0.505. The van der Waals surface area contributed by atoms with Crippen LogP contribution in [-0.2, 0) is 0 Å². The first kappa shape index (κ1) is 12.6. The topological polar surface area (TPSA) is 63.9 Å². The van der Waals surface area contributed by atoms with Gasteiger partial charge in [-0.15, -0.1) is 0 Å². The number of H-pyrrole nitrogens is 1. The molecule has 3 rings (SSSR count). The fraction of sp³-hybridized carbons (Fsp3) is 0.133. The Kier molecular flexibility index (Phi) is 3.12. The van der Waals surface area contributed by atoms with Crippen LogP contribution in [0.25, 0.3) is 11.0 Å². The molecule has 2 heterocycles. The maximum Gasteiger partial charge on any atom is 0.137 e. The van der Waals surface area contributed by atoms with Crippen LogP contribution in [0.5, 0.6) is 5.75 Å². The summed E-state index contributed by atoms with van der Waals surface area (Å²) in [5.41, 5.74) is 8.34. The fourth-order valence-corrected chi connectivity index (χ4v) is 2.26. The van der Waals surface area contributed by atoms with E-state index in [0.29, 0.717) is 11.3 Å². The van der Waals surface area contributed by atoms with Gasteiger partial charge in [0.1, 0.15) is 17.2 Å². The van der Waals surface area contributed by atoms with Crippen LogP contribution in [0.2, 0.25) is 0 Å². The molecule has 0 fully saturated rings. The Morgan fingerprint density at radius 2 is 2.15 bits per heavy atom. The zero-order valence-corrected chi connectivity index (χ0v) is 10.9. The lowest BCUT2D eigenvalue weighted by atomic mass is 10.0. The lowest BCUT2D eigenvalue weighted by Gasteiger charge is -2.14. The van der Waals surface area contributed by atoms with Gasteiger partial charge in [-0.05, 0) is 36.4 Å². The molecule has 1 atom stereocenters. The summed E-state index contributed by atoms with van der Waals surface area (Å²) in [6, 6.07) is 9.52. The molecule has 5 heteroatoms. The summed E-state index contributed by atoms with van der Waals surface area (Å²) < 4.78 is 18.7. The molecule has 0 aliphatic heterocycles. The van der Waals surface area contributed by atoms with E-state index < -0.39 is 6.04 Å². The van der Waals surface area contributed by atoms with Crippen LogP contribution in [-0.4, -0.2) is 17.1 Å². The van der Waals surface area contributed by atoms with Crippen molar-refractivity contribution in [1.82, 2.24) is 9.97 Å². The summed E-state index contributed by atoms with van der Waals surface area (Å²) in [5, 5.41) is 0.966. The molecular formula is C15H14FN3O. The predicted octanol–water partition coefficient (Wildman–Crippen LogP) is 2.76. The maximum absolute atomic E-state index is 13.4. The lowest BCUT2D eigenvalue weighted by molar-refractivity contribution is 0.406. The van der Waals surface area contributed by atoms with Crippen LogP contribution in [0.4, 0.5) is 4.39 Å². The van der Waals surface area contributed by atoms with Gasteiger partial charge in [-0.3, -0.25) is 0 Å². The van der Waals surface area contributed by atoms with Gasteiger partial charge < -0.3 is 15.5 Å². The molecule has 0 aliphatic rings. The first-order valence-electron chi connectivity index (χ1n) is 6.21. The third-order valence-corrected chi connectivity index (χ3v) is 3.27. The summed E-state index contributed by atoms with van der Waals surface area (Å²) in [6.07, 6.45) is 1.71. The molecule has 1 aromatic carbocycles. The minimum absolute atomic E-state index is 0.342. The van der Waals surface area contributed by atoms with Crippen molar-refractivity contribution < 1.29 is 9.13 Å². The van der Waals surface area contributed by atoms with E-state index in [2.05, 4.69) is 9.97 Å². The highest BCUT2D eigenvalue weighted by Gasteiger charge is 2.17. The number of aromatic amines is 1. The molecule has 0 spiro atoms. The van der Waals surface area contributed by atoms with Crippen molar-refractivity contribution in [3.63, 3.8) is 0 Å². The van der Waals surface area contributed by atoms with E-state index in [1.165, 1.54) is 19.2 Å². The third-order valence-electron chi connectivity index (χ3n) is 3.27. The summed E-state index contributed by atoms with van der Waals surface area (Å²) >= 11 is 0. The number of ether oxygens (including phenoxy) is 1.